The van der Waals surface area contributed by atoms with Gasteiger partial charge in [0.05, 0.1) is 47.9 Å². The van der Waals surface area contributed by atoms with Crippen LogP contribution in [0.2, 0.25) is 0 Å². The van der Waals surface area contributed by atoms with Crippen molar-refractivity contribution in [3.8, 4) is 17.2 Å². The number of nitro groups is 1. The van der Waals surface area contributed by atoms with E-state index in [-0.39, 0.29) is 147 Å². The average Bonchev–Trinajstić information content (AvgIpc) is 2.95. The summed E-state index contributed by atoms with van der Waals surface area (Å²) in [4.78, 5) is 17.1. The smallest absolute Gasteiger partial charge is 0.871 e. The van der Waals surface area contributed by atoms with Crippen LogP contribution in [0.15, 0.2) is 77.6 Å². The van der Waals surface area contributed by atoms with Gasteiger partial charge in [0.1, 0.15) is 36.0 Å². The Kier molecular flexibility index (Phi) is 20.5. The van der Waals surface area contributed by atoms with E-state index in [0.717, 1.165) is 12.1 Å². The van der Waals surface area contributed by atoms with E-state index < -0.39 is 124 Å². The average molecular weight is 870 g/mol. The summed E-state index contributed by atoms with van der Waals surface area (Å²) in [5.74, 6) is -6.56. The van der Waals surface area contributed by atoms with Gasteiger partial charge in [0, 0.05) is 17.5 Å². The Labute approximate surface area is 396 Å². The number of benzene rings is 4. The first-order valence-electron chi connectivity index (χ1n) is 11.9. The van der Waals surface area contributed by atoms with Crippen LogP contribution in [-0.2, 0) is 47.4 Å². The third-order valence-corrected chi connectivity index (χ3v) is 8.57. The molecular formula is C23H10FeN6Na4O16S3. The van der Waals surface area contributed by atoms with Gasteiger partial charge < -0.3 is 39.8 Å². The molecule has 53 heavy (non-hydrogen) atoms. The maximum Gasteiger partial charge on any atom is 2.00 e. The molecule has 30 heteroatoms. The number of nitrogen functional groups attached to an aromatic ring is 1. The molecule has 0 heterocycles. The predicted octanol–water partition coefficient (Wildman–Crippen LogP) is -11.2. The summed E-state index contributed by atoms with van der Waals surface area (Å²) in [7, 11) is -16.7. The molecule has 0 spiro atoms. The molecule has 0 aliphatic rings. The molecule has 0 amide bonds. The Balaban J connectivity index is 0. The number of carboxylic acid groups (broad SMARTS) is 1. The Morgan fingerprint density at radius 3 is 1.64 bits per heavy atom. The van der Waals surface area contributed by atoms with Gasteiger partial charge in [-0.25, -0.2) is 30.0 Å². The number of carbonyl (C=O) groups is 1. The molecular weight excluding hydrogens is 860 g/mol. The largest absolute Gasteiger partial charge is 2.00 e. The fourth-order valence-corrected chi connectivity index (χ4v) is 5.66. The minimum Gasteiger partial charge on any atom is -0.871 e. The summed E-state index contributed by atoms with van der Waals surface area (Å²) in [5, 5.41) is 71.0. The van der Waals surface area contributed by atoms with Crippen LogP contribution >= 0.6 is 0 Å². The van der Waals surface area contributed by atoms with E-state index in [4.69, 9.17) is 5.73 Å². The molecule has 22 nitrogen and oxygen atoms in total. The number of nitro benzene ring substituents is 1. The fraction of sp³-hybridized carbons (Fsp3) is 0. The van der Waals surface area contributed by atoms with E-state index in [0.29, 0.717) is 18.2 Å². The molecule has 3 N–H and O–H groups in total. The summed E-state index contributed by atoms with van der Waals surface area (Å²) < 4.78 is 105. The monoisotopic (exact) mass is 870 g/mol. The van der Waals surface area contributed by atoms with Crippen LogP contribution in [0, 0.1) is 10.1 Å². The van der Waals surface area contributed by atoms with Crippen molar-refractivity contribution in [1.82, 2.24) is 0 Å². The molecule has 0 aromatic heterocycles. The normalized spacial score (nSPS) is 11.5. The van der Waals surface area contributed by atoms with Crippen molar-refractivity contribution in [2.45, 2.75) is 14.7 Å². The zero-order valence-corrected chi connectivity index (χ0v) is 38.6. The first kappa shape index (κ1) is 53.8. The van der Waals surface area contributed by atoms with Crippen molar-refractivity contribution < 1.29 is 204 Å². The maximum absolute atomic E-state index is 13.4. The van der Waals surface area contributed by atoms with Gasteiger partial charge in [-0.2, -0.15) is 10.2 Å². The van der Waals surface area contributed by atoms with Gasteiger partial charge in [0.2, 0.25) is 0 Å². The van der Waals surface area contributed by atoms with Gasteiger partial charge in [0.15, 0.2) is 0 Å². The van der Waals surface area contributed by atoms with Crippen molar-refractivity contribution in [3.63, 3.8) is 0 Å². The van der Waals surface area contributed by atoms with Crippen LogP contribution in [-0.4, -0.2) is 54.9 Å². The number of rotatable bonds is 9. The molecule has 0 bridgehead atoms. The minimum absolute atomic E-state index is 0. The molecule has 0 unspecified atom stereocenters. The van der Waals surface area contributed by atoms with Crippen LogP contribution in [0.4, 0.5) is 34.1 Å². The molecule has 0 atom stereocenters. The summed E-state index contributed by atoms with van der Waals surface area (Å²) in [5.41, 5.74) is -1.15. The van der Waals surface area contributed by atoms with Gasteiger partial charge in [-0.15, -0.1) is 10.2 Å². The number of hydrogen-bond donors (Lipinski definition) is 2. The Morgan fingerprint density at radius 2 is 1.17 bits per heavy atom. The topological polar surface area (TPSA) is 397 Å². The third kappa shape index (κ3) is 12.1. The molecule has 0 radical (unpaired) electrons. The first-order valence-corrected chi connectivity index (χ1v) is 16.1. The quantitative estimate of drug-likeness (QED) is 0.0394. The number of fused-ring (bicyclic) bond motifs is 1. The Hall–Kier alpha value is -1.34. The van der Waals surface area contributed by atoms with Gasteiger partial charge >= 0.3 is 141 Å². The van der Waals surface area contributed by atoms with Gasteiger partial charge in [-0.1, -0.05) is 23.3 Å². The van der Waals surface area contributed by atoms with Crippen molar-refractivity contribution in [3.05, 3.63) is 58.1 Å². The summed E-state index contributed by atoms with van der Waals surface area (Å²) in [6.45, 7) is 0. The molecule has 4 aromatic rings. The number of nitrogens with zero attached hydrogens (tertiary/aromatic N) is 5. The second-order valence-electron chi connectivity index (χ2n) is 9.09. The van der Waals surface area contributed by atoms with Crippen LogP contribution in [0.1, 0.15) is 10.4 Å². The van der Waals surface area contributed by atoms with Crippen LogP contribution in [0.5, 0.6) is 17.2 Å². The van der Waals surface area contributed by atoms with Crippen molar-refractivity contribution >= 4 is 81.2 Å². The number of non-ortho nitro benzene ring substituents is 1. The number of carboxylic acids is 1. The number of hydrogen-bond acceptors (Lipinski definition) is 20. The summed E-state index contributed by atoms with van der Waals surface area (Å²) in [6.07, 6.45) is 0. The van der Waals surface area contributed by atoms with Gasteiger partial charge in [0.25, 0.3) is 5.69 Å². The van der Waals surface area contributed by atoms with E-state index in [9.17, 15) is 74.2 Å². The summed E-state index contributed by atoms with van der Waals surface area (Å²) >= 11 is 0. The zero-order valence-electron chi connectivity index (χ0n) is 27.0. The van der Waals surface area contributed by atoms with E-state index in [1.807, 2.05) is 0 Å². The van der Waals surface area contributed by atoms with Crippen LogP contribution < -0.4 is 139 Å². The molecule has 0 aliphatic heterocycles. The van der Waals surface area contributed by atoms with Gasteiger partial charge in [-0.3, -0.25) is 10.1 Å². The maximum atomic E-state index is 13.4. The second kappa shape index (κ2) is 20.2. The summed E-state index contributed by atoms with van der Waals surface area (Å²) in [6, 6.07) is 3.46. The van der Waals surface area contributed by atoms with Crippen molar-refractivity contribution in [2.75, 3.05) is 5.73 Å². The zero-order chi connectivity index (χ0) is 36.1. The van der Waals surface area contributed by atoms with Crippen LogP contribution in [0.3, 0.4) is 0 Å². The molecule has 0 saturated heterocycles. The number of anilines is 1. The molecule has 0 aliphatic carbocycles. The van der Waals surface area contributed by atoms with Crippen molar-refractivity contribution in [1.29, 1.82) is 0 Å². The van der Waals surface area contributed by atoms with E-state index in [1.165, 1.54) is 0 Å². The van der Waals surface area contributed by atoms with Crippen molar-refractivity contribution in [2.24, 2.45) is 20.5 Å². The third-order valence-electron chi connectivity index (χ3n) is 6.06. The van der Waals surface area contributed by atoms with Gasteiger partial charge in [-0.05, 0) is 29.7 Å². The number of azo groups is 2. The molecule has 0 fully saturated rings. The Bertz CT molecular complexity index is 2510. The Morgan fingerprint density at radius 1 is 0.660 bits per heavy atom. The first-order chi connectivity index (χ1) is 22.0. The number of nitrogens with two attached hydrogens (primary N) is 1. The molecule has 4 aromatic carbocycles. The standard InChI is InChI=1S/C23H16N6O16S3.Fe.4Na/c24-13-2-1-10-11(18(13)27-26-15-6-9(46(37,38)39)5-12(20(15)30)23(33)34)7-16(47(40,41)42)19(21(10)31)28-25-14-3-8(29(35)36)4-17(22(14)32)48(43,44)45;;;;;/h1-7,30-32H,24H2,(H,33,34)(H,37,38,39)(H,40,41,42)(H,43,44,45);;;;;/q;+2;4*+1/p-6. The van der Waals surface area contributed by atoms with E-state index in [1.54, 1.807) is 0 Å². The minimum atomic E-state index is -5.72. The molecule has 258 valence electrons. The molecule has 0 saturated carbocycles. The fourth-order valence-electron chi connectivity index (χ4n) is 3.92. The SMILES string of the molecule is Nc1ccc2c([O-])c(N=Nc3cc([N+](=O)[O-])cc(S(=O)(=O)[O-])c3[O-])c(S(=O)(=O)[O-])cc2c1N=Nc1cc(S(=O)(=O)[O-])cc(C(=O)O)c1[O-].[Fe+2].[Na+].[Na+].[Na+].[Na+]. The molecule has 4 rings (SSSR count). The predicted molar refractivity (Wildman–Crippen MR) is 145 cm³/mol. The van der Waals surface area contributed by atoms with E-state index >= 15 is 0 Å². The number of aromatic carboxylic acids is 1. The van der Waals surface area contributed by atoms with Crippen LogP contribution in [0.25, 0.3) is 10.8 Å². The van der Waals surface area contributed by atoms with E-state index in [2.05, 4.69) is 20.5 Å². The second-order valence-corrected chi connectivity index (χ2v) is 13.2.